The Bertz CT molecular complexity index is 1140. The SMILES string of the molecule is CN1CCN(c2ccccc2CC2OCCN(c3ccc(Cc4ccc(F)cc4)cc3)C2=O)CC1. The molecule has 0 spiro atoms. The van der Waals surface area contributed by atoms with E-state index in [1.165, 1.54) is 17.8 Å². The Morgan fingerprint density at radius 1 is 0.857 bits per heavy atom. The van der Waals surface area contributed by atoms with E-state index in [0.29, 0.717) is 19.6 Å². The standard InChI is InChI=1S/C29H32FN3O2/c1-31-14-16-32(17-15-31)27-5-3-2-4-24(27)21-28-29(34)33(18-19-35-28)26-12-8-23(9-13-26)20-22-6-10-25(30)11-7-22/h2-13,28H,14-21H2,1H3. The third-order valence-corrected chi connectivity index (χ3v) is 6.99. The Balaban J connectivity index is 1.27. The van der Waals surface area contributed by atoms with Gasteiger partial charge in [-0.2, -0.15) is 0 Å². The summed E-state index contributed by atoms with van der Waals surface area (Å²) in [4.78, 5) is 20.0. The third-order valence-electron chi connectivity index (χ3n) is 6.99. The second-order valence-corrected chi connectivity index (χ2v) is 9.44. The smallest absolute Gasteiger partial charge is 0.256 e. The van der Waals surface area contributed by atoms with Gasteiger partial charge in [0.15, 0.2) is 0 Å². The first-order valence-electron chi connectivity index (χ1n) is 12.3. The normalized spacial score (nSPS) is 19.3. The summed E-state index contributed by atoms with van der Waals surface area (Å²) in [5, 5.41) is 0. The summed E-state index contributed by atoms with van der Waals surface area (Å²) in [5.41, 5.74) is 5.43. The van der Waals surface area contributed by atoms with E-state index in [0.717, 1.165) is 55.0 Å². The number of para-hydroxylation sites is 1. The van der Waals surface area contributed by atoms with Crippen LogP contribution >= 0.6 is 0 Å². The van der Waals surface area contributed by atoms with Gasteiger partial charge in [0.25, 0.3) is 5.91 Å². The number of piperazine rings is 1. The van der Waals surface area contributed by atoms with E-state index < -0.39 is 6.10 Å². The highest BCUT2D eigenvalue weighted by Gasteiger charge is 2.31. The van der Waals surface area contributed by atoms with Gasteiger partial charge in [-0.15, -0.1) is 0 Å². The Hall–Kier alpha value is -3.22. The molecule has 182 valence electrons. The predicted molar refractivity (Wildman–Crippen MR) is 138 cm³/mol. The molecule has 2 aliphatic heterocycles. The van der Waals surface area contributed by atoms with Gasteiger partial charge in [-0.3, -0.25) is 4.79 Å². The fraction of sp³-hybridized carbons (Fsp3) is 0.345. The van der Waals surface area contributed by atoms with Crippen LogP contribution in [0.2, 0.25) is 0 Å². The van der Waals surface area contributed by atoms with E-state index in [-0.39, 0.29) is 11.7 Å². The van der Waals surface area contributed by atoms with Crippen molar-refractivity contribution in [3.05, 3.63) is 95.3 Å². The minimum atomic E-state index is -0.490. The Labute approximate surface area is 206 Å². The first-order chi connectivity index (χ1) is 17.1. The molecule has 2 aliphatic rings. The lowest BCUT2D eigenvalue weighted by atomic mass is 10.0. The monoisotopic (exact) mass is 473 g/mol. The molecule has 5 nitrogen and oxygen atoms in total. The maximum atomic E-state index is 13.4. The number of rotatable bonds is 6. The molecule has 2 heterocycles. The molecule has 35 heavy (non-hydrogen) atoms. The molecule has 0 aliphatic carbocycles. The van der Waals surface area contributed by atoms with E-state index in [2.05, 4.69) is 35.0 Å². The first kappa shape index (κ1) is 23.5. The van der Waals surface area contributed by atoms with Crippen molar-refractivity contribution in [2.45, 2.75) is 18.9 Å². The summed E-state index contributed by atoms with van der Waals surface area (Å²) in [6.45, 7) is 5.13. The van der Waals surface area contributed by atoms with Gasteiger partial charge in [0.05, 0.1) is 6.61 Å². The zero-order valence-corrected chi connectivity index (χ0v) is 20.2. The fourth-order valence-electron chi connectivity index (χ4n) is 4.91. The van der Waals surface area contributed by atoms with Gasteiger partial charge in [0.2, 0.25) is 0 Å². The molecule has 2 saturated heterocycles. The van der Waals surface area contributed by atoms with Gasteiger partial charge in [0.1, 0.15) is 11.9 Å². The molecule has 0 radical (unpaired) electrons. The molecule has 1 atom stereocenters. The quantitative estimate of drug-likeness (QED) is 0.539. The third kappa shape index (κ3) is 5.55. The average molecular weight is 474 g/mol. The van der Waals surface area contributed by atoms with Crippen LogP contribution < -0.4 is 9.80 Å². The second-order valence-electron chi connectivity index (χ2n) is 9.44. The van der Waals surface area contributed by atoms with E-state index in [1.54, 1.807) is 12.1 Å². The Morgan fingerprint density at radius 2 is 1.51 bits per heavy atom. The summed E-state index contributed by atoms with van der Waals surface area (Å²) < 4.78 is 19.1. The van der Waals surface area contributed by atoms with Gasteiger partial charge in [0, 0.05) is 50.5 Å². The lowest BCUT2D eigenvalue weighted by molar-refractivity contribution is -0.133. The molecule has 3 aromatic rings. The van der Waals surface area contributed by atoms with Crippen LogP contribution in [0.25, 0.3) is 0 Å². The molecule has 0 N–H and O–H groups in total. The Kier molecular flexibility index (Phi) is 7.11. The zero-order valence-electron chi connectivity index (χ0n) is 20.2. The van der Waals surface area contributed by atoms with Crippen LogP contribution in [0.15, 0.2) is 72.8 Å². The lowest BCUT2D eigenvalue weighted by Crippen LogP contribution is -2.49. The molecule has 0 saturated carbocycles. The molecule has 0 bridgehead atoms. The topological polar surface area (TPSA) is 36.0 Å². The maximum Gasteiger partial charge on any atom is 0.256 e. The van der Waals surface area contributed by atoms with Crippen molar-refractivity contribution in [1.82, 2.24) is 4.90 Å². The van der Waals surface area contributed by atoms with Crippen molar-refractivity contribution in [1.29, 1.82) is 0 Å². The van der Waals surface area contributed by atoms with Crippen LogP contribution in [0.5, 0.6) is 0 Å². The number of likely N-dealkylation sites (N-methyl/N-ethyl adjacent to an activating group) is 1. The van der Waals surface area contributed by atoms with Crippen molar-refractivity contribution < 1.29 is 13.9 Å². The van der Waals surface area contributed by atoms with Gasteiger partial charge in [-0.05, 0) is 60.5 Å². The largest absolute Gasteiger partial charge is 0.369 e. The van der Waals surface area contributed by atoms with Gasteiger partial charge >= 0.3 is 0 Å². The van der Waals surface area contributed by atoms with Gasteiger partial charge in [-0.1, -0.05) is 42.5 Å². The molecule has 3 aromatic carbocycles. The minimum Gasteiger partial charge on any atom is -0.369 e. The molecular formula is C29H32FN3O2. The number of benzene rings is 3. The van der Waals surface area contributed by atoms with E-state index in [9.17, 15) is 9.18 Å². The molecule has 5 rings (SSSR count). The Morgan fingerprint density at radius 3 is 2.23 bits per heavy atom. The second kappa shape index (κ2) is 10.6. The van der Waals surface area contributed by atoms with Crippen molar-refractivity contribution >= 4 is 17.3 Å². The number of hydrogen-bond acceptors (Lipinski definition) is 4. The number of halogens is 1. The molecule has 2 fully saturated rings. The van der Waals surface area contributed by atoms with Gasteiger partial charge in [-0.25, -0.2) is 4.39 Å². The van der Waals surface area contributed by atoms with E-state index in [4.69, 9.17) is 4.74 Å². The number of ether oxygens (including phenoxy) is 1. The van der Waals surface area contributed by atoms with Crippen molar-refractivity contribution in [2.75, 3.05) is 56.2 Å². The number of carbonyl (C=O) groups is 1. The molecule has 6 heteroatoms. The van der Waals surface area contributed by atoms with Crippen molar-refractivity contribution in [3.8, 4) is 0 Å². The highest BCUT2D eigenvalue weighted by molar-refractivity contribution is 5.97. The lowest BCUT2D eigenvalue weighted by Gasteiger charge is -2.36. The molecular weight excluding hydrogens is 441 g/mol. The fourth-order valence-corrected chi connectivity index (χ4v) is 4.91. The summed E-state index contributed by atoms with van der Waals surface area (Å²) >= 11 is 0. The summed E-state index contributed by atoms with van der Waals surface area (Å²) in [5.74, 6) is -0.216. The number of anilines is 2. The molecule has 1 amide bonds. The highest BCUT2D eigenvalue weighted by Crippen LogP contribution is 2.27. The number of amides is 1. The van der Waals surface area contributed by atoms with E-state index in [1.807, 2.05) is 35.2 Å². The number of hydrogen-bond donors (Lipinski definition) is 0. The molecule has 1 unspecified atom stereocenters. The van der Waals surface area contributed by atoms with E-state index >= 15 is 0 Å². The van der Waals surface area contributed by atoms with Crippen molar-refractivity contribution in [2.24, 2.45) is 0 Å². The van der Waals surface area contributed by atoms with Crippen LogP contribution in [0.3, 0.4) is 0 Å². The predicted octanol–water partition coefficient (Wildman–Crippen LogP) is 4.14. The highest BCUT2D eigenvalue weighted by atomic mass is 19.1. The van der Waals surface area contributed by atoms with Crippen LogP contribution in [0.4, 0.5) is 15.8 Å². The van der Waals surface area contributed by atoms with Crippen LogP contribution in [0.1, 0.15) is 16.7 Å². The summed E-state index contributed by atoms with van der Waals surface area (Å²) in [6.07, 6.45) is 0.806. The van der Waals surface area contributed by atoms with Crippen LogP contribution in [0, 0.1) is 5.82 Å². The number of nitrogens with zero attached hydrogens (tertiary/aromatic N) is 3. The maximum absolute atomic E-state index is 13.4. The first-order valence-corrected chi connectivity index (χ1v) is 12.3. The molecule has 0 aromatic heterocycles. The number of morpholine rings is 1. The van der Waals surface area contributed by atoms with Gasteiger partial charge < -0.3 is 19.4 Å². The number of carbonyl (C=O) groups excluding carboxylic acids is 1. The summed E-state index contributed by atoms with van der Waals surface area (Å²) in [6, 6.07) is 23.0. The van der Waals surface area contributed by atoms with Crippen molar-refractivity contribution in [3.63, 3.8) is 0 Å². The average Bonchev–Trinajstić information content (AvgIpc) is 2.88. The minimum absolute atomic E-state index is 0.00992. The summed E-state index contributed by atoms with van der Waals surface area (Å²) in [7, 11) is 2.15. The van der Waals surface area contributed by atoms with Crippen LogP contribution in [-0.4, -0.2) is 63.3 Å². The zero-order chi connectivity index (χ0) is 24.2. The van der Waals surface area contributed by atoms with Crippen LogP contribution in [-0.2, 0) is 22.4 Å².